The van der Waals surface area contributed by atoms with Gasteiger partial charge in [0.1, 0.15) is 24.7 Å². The van der Waals surface area contributed by atoms with Crippen LogP contribution in [0.5, 0.6) is 11.5 Å². The second-order valence-electron chi connectivity index (χ2n) is 14.6. The number of aryl methyl sites for hydroxylation is 2. The zero-order valence-corrected chi connectivity index (χ0v) is 39.9. The predicted molar refractivity (Wildman–Crippen MR) is 262 cm³/mol. The van der Waals surface area contributed by atoms with Crippen LogP contribution in [0.3, 0.4) is 0 Å². The number of halogens is 6. The summed E-state index contributed by atoms with van der Waals surface area (Å²) in [5.74, 6) is -0.206. The first-order valence-corrected chi connectivity index (χ1v) is 22.4. The fourth-order valence-corrected chi connectivity index (χ4v) is 7.95. The van der Waals surface area contributed by atoms with E-state index in [1.165, 1.54) is 12.4 Å². The van der Waals surface area contributed by atoms with Gasteiger partial charge in [0.25, 0.3) is 0 Å². The van der Waals surface area contributed by atoms with Crippen LogP contribution in [-0.4, -0.2) is 42.8 Å². The Morgan fingerprint density at radius 2 is 1.00 bits per heavy atom. The Labute approximate surface area is 410 Å². The van der Waals surface area contributed by atoms with E-state index in [2.05, 4.69) is 9.97 Å². The van der Waals surface area contributed by atoms with Crippen LogP contribution in [0.2, 0.25) is 30.1 Å². The number of hydrogen-bond acceptors (Lipinski definition) is 7. The average Bonchev–Trinajstić information content (AvgIpc) is 3.89. The number of pyridine rings is 2. The molecular weight excluding hydrogens is 965 g/mol. The SMILES string of the molecule is CCOC(=O)c1cncc(-n2c(C)ccc2-c2cc(Cl)ccc2OCc2ccc(Cl)c(Cl)c2)c1.Cc1ccc(-c2cc(Cl)ccc2OCc2ccc(Cl)c(Cl)c2)n1-c1cncc(C(=O)O)c1. The molecule has 0 amide bonds. The van der Waals surface area contributed by atoms with E-state index in [1.54, 1.807) is 73.9 Å². The number of aromatic nitrogens is 4. The highest BCUT2D eigenvalue weighted by Crippen LogP contribution is 2.38. The molecule has 0 saturated carbocycles. The lowest BCUT2D eigenvalue weighted by molar-refractivity contribution is 0.0525. The lowest BCUT2D eigenvalue weighted by Gasteiger charge is -2.16. The van der Waals surface area contributed by atoms with Gasteiger partial charge >= 0.3 is 11.9 Å². The zero-order valence-electron chi connectivity index (χ0n) is 35.4. The van der Waals surface area contributed by atoms with Gasteiger partial charge in [-0.25, -0.2) is 9.59 Å². The molecule has 10 nitrogen and oxygen atoms in total. The lowest BCUT2D eigenvalue weighted by Crippen LogP contribution is -2.07. The third-order valence-corrected chi connectivity index (χ3v) is 12.0. The molecule has 16 heteroatoms. The molecule has 0 atom stereocenters. The Kier molecular flexibility index (Phi) is 15.7. The first-order chi connectivity index (χ1) is 31.7. The van der Waals surface area contributed by atoms with E-state index in [0.717, 1.165) is 50.7 Å². The van der Waals surface area contributed by atoms with Crippen molar-refractivity contribution in [2.45, 2.75) is 34.0 Å². The zero-order chi connectivity index (χ0) is 47.1. The number of hydrogen-bond donors (Lipinski definition) is 1. The number of nitrogens with zero attached hydrogens (tertiary/aromatic N) is 4. The van der Waals surface area contributed by atoms with Gasteiger partial charge in [-0.05, 0) is 129 Å². The van der Waals surface area contributed by atoms with Crippen molar-refractivity contribution < 1.29 is 28.9 Å². The van der Waals surface area contributed by atoms with Gasteiger partial charge in [0.05, 0.1) is 73.0 Å². The van der Waals surface area contributed by atoms with Crippen LogP contribution < -0.4 is 9.47 Å². The van der Waals surface area contributed by atoms with Gasteiger partial charge in [-0.1, -0.05) is 81.7 Å². The number of rotatable bonds is 13. The van der Waals surface area contributed by atoms with E-state index >= 15 is 0 Å². The molecule has 0 spiro atoms. The molecule has 8 rings (SSSR count). The van der Waals surface area contributed by atoms with Crippen LogP contribution in [0, 0.1) is 13.8 Å². The summed E-state index contributed by atoms with van der Waals surface area (Å²) < 4.78 is 21.3. The minimum absolute atomic E-state index is 0.101. The monoisotopic (exact) mass is 1000 g/mol. The predicted octanol–water partition coefficient (Wildman–Crippen LogP) is 14.6. The molecule has 0 fully saturated rings. The summed E-state index contributed by atoms with van der Waals surface area (Å²) in [5.41, 5.74) is 8.60. The van der Waals surface area contributed by atoms with Crippen molar-refractivity contribution in [2.75, 3.05) is 6.61 Å². The van der Waals surface area contributed by atoms with Gasteiger partial charge in [-0.15, -0.1) is 0 Å². The number of aromatic carboxylic acids is 1. The summed E-state index contributed by atoms with van der Waals surface area (Å²) in [5, 5.41) is 12.4. The van der Waals surface area contributed by atoms with Gasteiger partial charge in [0, 0.05) is 45.0 Å². The number of carboxylic acids is 1. The molecule has 0 saturated heterocycles. The maximum absolute atomic E-state index is 12.2. The third kappa shape index (κ3) is 11.3. The van der Waals surface area contributed by atoms with Crippen molar-refractivity contribution in [1.29, 1.82) is 0 Å². The number of carbonyl (C=O) groups excluding carboxylic acids is 1. The molecule has 8 aromatic rings. The second-order valence-corrected chi connectivity index (χ2v) is 17.1. The van der Waals surface area contributed by atoms with Crippen molar-refractivity contribution in [1.82, 2.24) is 19.1 Å². The Morgan fingerprint density at radius 3 is 1.44 bits per heavy atom. The molecule has 0 aliphatic rings. The van der Waals surface area contributed by atoms with E-state index in [4.69, 9.17) is 83.8 Å². The van der Waals surface area contributed by atoms with E-state index in [0.29, 0.717) is 66.1 Å². The Morgan fingerprint density at radius 1 is 0.545 bits per heavy atom. The average molecular weight is 1000 g/mol. The minimum atomic E-state index is -1.04. The van der Waals surface area contributed by atoms with Crippen LogP contribution in [0.1, 0.15) is 50.2 Å². The summed E-state index contributed by atoms with van der Waals surface area (Å²) in [7, 11) is 0. The Hall–Kier alpha value is -5.98. The van der Waals surface area contributed by atoms with Crippen LogP contribution in [0.15, 0.2) is 134 Å². The van der Waals surface area contributed by atoms with E-state index in [1.807, 2.05) is 77.6 Å². The van der Waals surface area contributed by atoms with Gasteiger partial charge in [0.15, 0.2) is 0 Å². The molecule has 0 bridgehead atoms. The van der Waals surface area contributed by atoms with Gasteiger partial charge in [-0.3, -0.25) is 9.97 Å². The first-order valence-electron chi connectivity index (χ1n) is 20.1. The highest BCUT2D eigenvalue weighted by molar-refractivity contribution is 6.42. The van der Waals surface area contributed by atoms with Gasteiger partial charge in [-0.2, -0.15) is 0 Å². The van der Waals surface area contributed by atoms with Crippen molar-refractivity contribution in [3.63, 3.8) is 0 Å². The number of carbonyl (C=O) groups is 2. The minimum Gasteiger partial charge on any atom is -0.488 e. The molecule has 66 heavy (non-hydrogen) atoms. The number of ether oxygens (including phenoxy) is 3. The topological polar surface area (TPSA) is 118 Å². The van der Waals surface area contributed by atoms with E-state index < -0.39 is 11.9 Å². The Balaban J connectivity index is 0.000000197. The van der Waals surface area contributed by atoms with Crippen LogP contribution in [0.4, 0.5) is 0 Å². The second kappa shape index (κ2) is 21.5. The molecule has 4 heterocycles. The smallest absolute Gasteiger partial charge is 0.339 e. The molecular formula is C50H38Cl6N4O6. The van der Waals surface area contributed by atoms with Crippen LogP contribution in [-0.2, 0) is 18.0 Å². The molecule has 0 radical (unpaired) electrons. The number of esters is 1. The normalized spacial score (nSPS) is 10.9. The standard InChI is InChI=1S/C26H21Cl3N2O3.C24H17Cl3N2O3/c1-3-33-26(32)18-11-20(14-30-13-18)31-16(2)4-8-24(31)21-12-19(27)6-9-25(21)34-15-17-5-7-22(28)23(29)10-17;1-14-2-6-22(29(14)18-9-16(24(30)31)11-28-12-18)19-10-17(25)4-7-23(19)32-13-15-3-5-20(26)21(27)8-15/h4-14H,3,15H2,1-2H3;2-12H,13H2,1H3,(H,30,31). The van der Waals surface area contributed by atoms with Gasteiger partial charge < -0.3 is 28.5 Å². The van der Waals surface area contributed by atoms with Crippen LogP contribution in [0.25, 0.3) is 33.9 Å². The molecule has 336 valence electrons. The highest BCUT2D eigenvalue weighted by atomic mass is 35.5. The quantitative estimate of drug-likeness (QED) is 0.114. The number of benzene rings is 4. The fourth-order valence-electron chi connectivity index (χ4n) is 6.96. The van der Waals surface area contributed by atoms with Crippen molar-refractivity contribution in [2.24, 2.45) is 0 Å². The Bertz CT molecular complexity index is 3080. The van der Waals surface area contributed by atoms with E-state index in [-0.39, 0.29) is 12.2 Å². The summed E-state index contributed by atoms with van der Waals surface area (Å²) in [6, 6.07) is 32.7. The maximum Gasteiger partial charge on any atom is 0.339 e. The molecule has 0 aliphatic heterocycles. The van der Waals surface area contributed by atoms with Crippen LogP contribution >= 0.6 is 69.6 Å². The first kappa shape index (κ1) is 48.0. The highest BCUT2D eigenvalue weighted by Gasteiger charge is 2.19. The third-order valence-electron chi connectivity index (χ3n) is 10.1. The fraction of sp³-hybridized carbons (Fsp3) is 0.120. The molecule has 0 unspecified atom stereocenters. The van der Waals surface area contributed by atoms with Crippen molar-refractivity contribution >= 4 is 81.5 Å². The largest absolute Gasteiger partial charge is 0.488 e. The summed E-state index contributed by atoms with van der Waals surface area (Å²) in [6.45, 7) is 6.53. The van der Waals surface area contributed by atoms with Crippen molar-refractivity contribution in [3.05, 3.63) is 198 Å². The van der Waals surface area contributed by atoms with Crippen molar-refractivity contribution in [3.8, 4) is 45.4 Å². The molecule has 1 N–H and O–H groups in total. The molecule has 0 aliphatic carbocycles. The molecule has 4 aromatic heterocycles. The summed E-state index contributed by atoms with van der Waals surface area (Å²) >= 11 is 36.9. The lowest BCUT2D eigenvalue weighted by atomic mass is 10.1. The number of carboxylic acid groups (broad SMARTS) is 1. The summed E-state index contributed by atoms with van der Waals surface area (Å²) in [4.78, 5) is 32.0. The van der Waals surface area contributed by atoms with Gasteiger partial charge in [0.2, 0.25) is 0 Å². The maximum atomic E-state index is 12.2. The van der Waals surface area contributed by atoms with E-state index in [9.17, 15) is 14.7 Å². The summed E-state index contributed by atoms with van der Waals surface area (Å²) in [6.07, 6.45) is 6.12. The molecule has 4 aromatic carbocycles.